The molecule has 0 aliphatic carbocycles. The van der Waals surface area contributed by atoms with E-state index in [9.17, 15) is 14.4 Å². The number of carbonyl (C=O) groups excluding carboxylic acids is 1. The fourth-order valence-electron chi connectivity index (χ4n) is 3.42. The van der Waals surface area contributed by atoms with Crippen LogP contribution in [0, 0.1) is 12.8 Å². The van der Waals surface area contributed by atoms with Crippen LogP contribution in [0.4, 0.5) is 11.6 Å². The molecule has 0 aliphatic heterocycles. The van der Waals surface area contributed by atoms with Gasteiger partial charge in [0.15, 0.2) is 0 Å². The summed E-state index contributed by atoms with van der Waals surface area (Å²) >= 11 is 5.99. The smallest absolute Gasteiger partial charge is 0.354 e. The van der Waals surface area contributed by atoms with E-state index in [2.05, 4.69) is 10.3 Å². The van der Waals surface area contributed by atoms with Crippen molar-refractivity contribution in [3.63, 3.8) is 0 Å². The summed E-state index contributed by atoms with van der Waals surface area (Å²) in [5, 5.41) is 3.64. The first-order chi connectivity index (χ1) is 16.2. The third-order valence-electron chi connectivity index (χ3n) is 5.19. The zero-order chi connectivity index (χ0) is 24.8. The number of aromatic nitrogens is 3. The third-order valence-corrected chi connectivity index (χ3v) is 5.45. The lowest BCUT2D eigenvalue weighted by molar-refractivity contribution is -0.145. The molecule has 0 spiro atoms. The predicted molar refractivity (Wildman–Crippen MR) is 130 cm³/mol. The number of nitrogens with one attached hydrogen (secondary N) is 1. The number of aryl methyl sites for hydroxylation is 1. The maximum Gasteiger partial charge on any atom is 0.354 e. The third kappa shape index (κ3) is 5.85. The lowest BCUT2D eigenvalue weighted by Gasteiger charge is -2.17. The van der Waals surface area contributed by atoms with Crippen LogP contribution in [0.1, 0.15) is 25.0 Å². The second-order valence-corrected chi connectivity index (χ2v) is 8.22. The second-order valence-electron chi connectivity index (χ2n) is 7.79. The molecule has 1 atom stereocenters. The molecule has 180 valence electrons. The fourth-order valence-corrected chi connectivity index (χ4v) is 3.55. The Labute approximate surface area is 201 Å². The number of halogens is 1. The molecule has 1 N–H and O–H groups in total. The summed E-state index contributed by atoms with van der Waals surface area (Å²) in [6.07, 6.45) is 0. The molecule has 0 bridgehead atoms. The Bertz CT molecular complexity index is 1280. The van der Waals surface area contributed by atoms with E-state index < -0.39 is 23.3 Å². The molecule has 1 heterocycles. The van der Waals surface area contributed by atoms with E-state index in [4.69, 9.17) is 21.1 Å². The van der Waals surface area contributed by atoms with E-state index in [0.717, 1.165) is 21.4 Å². The number of hydrogen-bond acceptors (Lipinski definition) is 7. The van der Waals surface area contributed by atoms with Crippen molar-refractivity contribution >= 4 is 29.2 Å². The van der Waals surface area contributed by atoms with Crippen LogP contribution in [0.5, 0.6) is 5.75 Å². The van der Waals surface area contributed by atoms with Crippen LogP contribution in [0.25, 0.3) is 0 Å². The summed E-state index contributed by atoms with van der Waals surface area (Å²) in [6, 6.07) is 12.4. The number of ether oxygens (including phenoxy) is 2. The molecule has 10 heteroatoms. The summed E-state index contributed by atoms with van der Waals surface area (Å²) in [5.74, 6) is -0.404. The first-order valence-electron chi connectivity index (χ1n) is 10.8. The maximum atomic E-state index is 13.4. The highest BCUT2D eigenvalue weighted by Gasteiger charge is 2.20. The van der Waals surface area contributed by atoms with Gasteiger partial charge >= 0.3 is 17.3 Å². The molecule has 0 saturated heterocycles. The van der Waals surface area contributed by atoms with Gasteiger partial charge in [-0.1, -0.05) is 30.7 Å². The molecule has 0 saturated carbocycles. The van der Waals surface area contributed by atoms with Gasteiger partial charge in [0.1, 0.15) is 5.75 Å². The Hall–Kier alpha value is -3.59. The van der Waals surface area contributed by atoms with Crippen LogP contribution < -0.4 is 21.4 Å². The highest BCUT2D eigenvalue weighted by Crippen LogP contribution is 2.24. The molecule has 0 radical (unpaired) electrons. The fraction of sp³-hybridized carbons (Fsp3) is 0.333. The van der Waals surface area contributed by atoms with E-state index in [-0.39, 0.29) is 19.0 Å². The summed E-state index contributed by atoms with van der Waals surface area (Å²) in [6.45, 7) is 5.90. The molecule has 3 aromatic rings. The molecule has 0 fully saturated rings. The van der Waals surface area contributed by atoms with Crippen LogP contribution in [0.3, 0.4) is 0 Å². The van der Waals surface area contributed by atoms with Gasteiger partial charge in [0.25, 0.3) is 0 Å². The van der Waals surface area contributed by atoms with E-state index in [1.54, 1.807) is 37.3 Å². The predicted octanol–water partition coefficient (Wildman–Crippen LogP) is 3.37. The van der Waals surface area contributed by atoms with Crippen LogP contribution in [0.2, 0.25) is 5.02 Å². The number of nitrogens with zero attached hydrogens (tertiary/aromatic N) is 3. The molecule has 0 unspecified atom stereocenters. The number of anilines is 2. The van der Waals surface area contributed by atoms with E-state index in [1.165, 1.54) is 11.7 Å². The van der Waals surface area contributed by atoms with Crippen molar-refractivity contribution in [1.82, 2.24) is 14.1 Å². The molecule has 34 heavy (non-hydrogen) atoms. The van der Waals surface area contributed by atoms with Gasteiger partial charge in [-0.15, -0.1) is 0 Å². The number of benzene rings is 2. The van der Waals surface area contributed by atoms with Gasteiger partial charge in [-0.3, -0.25) is 9.36 Å². The van der Waals surface area contributed by atoms with E-state index in [0.29, 0.717) is 17.3 Å². The second kappa shape index (κ2) is 11.0. The largest absolute Gasteiger partial charge is 0.494 e. The van der Waals surface area contributed by atoms with Gasteiger partial charge in [-0.05, 0) is 55.3 Å². The number of rotatable bonds is 9. The van der Waals surface area contributed by atoms with Crippen molar-refractivity contribution in [3.8, 4) is 5.75 Å². The number of carbonyl (C=O) groups is 1. The zero-order valence-electron chi connectivity index (χ0n) is 19.5. The molecule has 2 aromatic carbocycles. The molecule has 0 aliphatic rings. The average Bonchev–Trinajstić information content (AvgIpc) is 2.81. The molecule has 1 aromatic heterocycles. The molecule has 0 amide bonds. The Morgan fingerprint density at radius 1 is 1.15 bits per heavy atom. The quantitative estimate of drug-likeness (QED) is 0.462. The van der Waals surface area contributed by atoms with Gasteiger partial charge in [0.05, 0.1) is 26.2 Å². The highest BCUT2D eigenvalue weighted by atomic mass is 35.5. The van der Waals surface area contributed by atoms with Crippen LogP contribution >= 0.6 is 11.6 Å². The van der Waals surface area contributed by atoms with Gasteiger partial charge in [-0.2, -0.15) is 4.98 Å². The maximum absolute atomic E-state index is 13.4. The first kappa shape index (κ1) is 25.0. The van der Waals surface area contributed by atoms with E-state index >= 15 is 0 Å². The normalized spacial score (nSPS) is 11.7. The lowest BCUT2D eigenvalue weighted by Crippen LogP contribution is -2.44. The highest BCUT2D eigenvalue weighted by molar-refractivity contribution is 6.30. The van der Waals surface area contributed by atoms with Gasteiger partial charge in [0.2, 0.25) is 5.95 Å². The van der Waals surface area contributed by atoms with Crippen molar-refractivity contribution in [2.24, 2.45) is 5.92 Å². The molecular formula is C24H27ClN4O5. The Morgan fingerprint density at radius 3 is 2.47 bits per heavy atom. The number of hydrogen-bond donors (Lipinski definition) is 1. The summed E-state index contributed by atoms with van der Waals surface area (Å²) in [4.78, 5) is 42.1. The molecular weight excluding hydrogens is 460 g/mol. The van der Waals surface area contributed by atoms with Crippen molar-refractivity contribution in [2.75, 3.05) is 19.0 Å². The van der Waals surface area contributed by atoms with Gasteiger partial charge < -0.3 is 14.8 Å². The van der Waals surface area contributed by atoms with Crippen molar-refractivity contribution < 1.29 is 14.3 Å². The minimum absolute atomic E-state index is 0.0791. The monoisotopic (exact) mass is 486 g/mol. The van der Waals surface area contributed by atoms with Crippen LogP contribution in [-0.4, -0.2) is 33.8 Å². The van der Waals surface area contributed by atoms with Gasteiger partial charge in [0, 0.05) is 17.3 Å². The average molecular weight is 487 g/mol. The topological polar surface area (TPSA) is 104 Å². The van der Waals surface area contributed by atoms with Crippen LogP contribution in [-0.2, 0) is 22.6 Å². The summed E-state index contributed by atoms with van der Waals surface area (Å²) < 4.78 is 12.6. The Balaban J connectivity index is 2.06. The minimum Gasteiger partial charge on any atom is -0.494 e. The van der Waals surface area contributed by atoms with Gasteiger partial charge in [-0.25, -0.2) is 14.2 Å². The standard InChI is InChI=1S/C24H27ClN4O5/c1-5-34-20-11-10-19(12-15(20)2)26-22-27-23(31)29(13-16(3)21(30)33-4)24(32)28(22)14-17-6-8-18(25)9-7-17/h6-12,16H,5,13-14H2,1-4H3,(H,26,27,31)/t16-/m0/s1. The Kier molecular flexibility index (Phi) is 8.12. The zero-order valence-corrected chi connectivity index (χ0v) is 20.3. The Morgan fingerprint density at radius 2 is 1.85 bits per heavy atom. The number of esters is 1. The van der Waals surface area contributed by atoms with Crippen LogP contribution in [0.15, 0.2) is 52.1 Å². The molecule has 9 nitrogen and oxygen atoms in total. The van der Waals surface area contributed by atoms with E-state index in [1.807, 2.05) is 26.0 Å². The SMILES string of the molecule is CCOc1ccc(Nc2nc(=O)n(C[C@H](C)C(=O)OC)c(=O)n2Cc2ccc(Cl)cc2)cc1C. The van der Waals surface area contributed by atoms with Crippen molar-refractivity contribution in [2.45, 2.75) is 33.9 Å². The summed E-state index contributed by atoms with van der Waals surface area (Å²) in [5.41, 5.74) is 0.941. The van der Waals surface area contributed by atoms with Crippen molar-refractivity contribution in [3.05, 3.63) is 79.6 Å². The minimum atomic E-state index is -0.765. The summed E-state index contributed by atoms with van der Waals surface area (Å²) in [7, 11) is 1.25. The first-order valence-corrected chi connectivity index (χ1v) is 11.2. The van der Waals surface area contributed by atoms with Crippen molar-refractivity contribution in [1.29, 1.82) is 0 Å². The molecule has 3 rings (SSSR count). The number of methoxy groups -OCH3 is 1. The lowest BCUT2D eigenvalue weighted by atomic mass is 10.2.